The summed E-state index contributed by atoms with van der Waals surface area (Å²) in [4.78, 5) is 34.0. The molecule has 2 aromatic rings. The highest BCUT2D eigenvalue weighted by Gasteiger charge is 2.07. The van der Waals surface area contributed by atoms with E-state index in [0.29, 0.717) is 35.9 Å². The maximum absolute atomic E-state index is 12.0. The summed E-state index contributed by atoms with van der Waals surface area (Å²) in [5, 5.41) is 2.75. The van der Waals surface area contributed by atoms with Gasteiger partial charge in [0.1, 0.15) is 5.82 Å². The van der Waals surface area contributed by atoms with Gasteiger partial charge in [0.25, 0.3) is 11.5 Å². The number of amides is 1. The smallest absolute Gasteiger partial charge is 0.251 e. The van der Waals surface area contributed by atoms with Crippen LogP contribution in [0, 0.1) is 6.92 Å². The fourth-order valence-electron chi connectivity index (χ4n) is 1.82. The summed E-state index contributed by atoms with van der Waals surface area (Å²) < 4.78 is 4.96. The molecule has 2 aromatic heterocycles. The molecule has 0 unspecified atom stereocenters. The molecule has 0 fully saturated rings. The number of carbonyl (C=O) groups excluding carboxylic acids is 1. The lowest BCUT2D eigenvalue weighted by Gasteiger charge is -2.06. The molecule has 0 saturated heterocycles. The molecule has 7 nitrogen and oxygen atoms in total. The summed E-state index contributed by atoms with van der Waals surface area (Å²) in [6, 6.07) is 4.58. The zero-order valence-corrected chi connectivity index (χ0v) is 11.8. The number of hydrogen-bond donors (Lipinski definition) is 2. The maximum Gasteiger partial charge on any atom is 0.251 e. The van der Waals surface area contributed by atoms with Crippen molar-refractivity contribution in [3.05, 3.63) is 51.8 Å². The first-order valence-corrected chi connectivity index (χ1v) is 6.43. The standard InChI is InChI=1S/C14H16N4O3/c1-9-7-12(19)18-11(17-9)4-6-16-14(20)10-3-5-15-13(8-10)21-2/h3,5,7-8H,4,6H2,1-2H3,(H,16,20)(H,17,18,19). The number of H-pyrrole nitrogens is 1. The van der Waals surface area contributed by atoms with Gasteiger partial charge in [0, 0.05) is 42.6 Å². The summed E-state index contributed by atoms with van der Waals surface area (Å²) >= 11 is 0. The van der Waals surface area contributed by atoms with Crippen molar-refractivity contribution in [2.45, 2.75) is 13.3 Å². The number of rotatable bonds is 5. The first kappa shape index (κ1) is 14.7. The van der Waals surface area contributed by atoms with E-state index in [2.05, 4.69) is 20.3 Å². The minimum Gasteiger partial charge on any atom is -0.481 e. The zero-order valence-electron chi connectivity index (χ0n) is 11.8. The van der Waals surface area contributed by atoms with Gasteiger partial charge in [-0.2, -0.15) is 0 Å². The number of ether oxygens (including phenoxy) is 1. The summed E-state index contributed by atoms with van der Waals surface area (Å²) in [7, 11) is 1.49. The van der Waals surface area contributed by atoms with Gasteiger partial charge in [-0.1, -0.05) is 0 Å². The van der Waals surface area contributed by atoms with E-state index < -0.39 is 0 Å². The van der Waals surface area contributed by atoms with Crippen LogP contribution in [0.2, 0.25) is 0 Å². The summed E-state index contributed by atoms with van der Waals surface area (Å²) in [6.45, 7) is 2.12. The van der Waals surface area contributed by atoms with Gasteiger partial charge in [-0.15, -0.1) is 0 Å². The summed E-state index contributed by atoms with van der Waals surface area (Å²) in [5.41, 5.74) is 0.925. The van der Waals surface area contributed by atoms with Gasteiger partial charge in [-0.05, 0) is 13.0 Å². The van der Waals surface area contributed by atoms with E-state index in [-0.39, 0.29) is 11.5 Å². The van der Waals surface area contributed by atoms with Crippen molar-refractivity contribution < 1.29 is 9.53 Å². The molecule has 0 saturated carbocycles. The molecule has 0 atom stereocenters. The number of aromatic amines is 1. The second-order valence-corrected chi connectivity index (χ2v) is 4.43. The molecule has 2 heterocycles. The van der Waals surface area contributed by atoms with Gasteiger partial charge >= 0.3 is 0 Å². The van der Waals surface area contributed by atoms with E-state index in [4.69, 9.17) is 4.74 Å². The number of nitrogens with one attached hydrogen (secondary N) is 2. The first-order chi connectivity index (χ1) is 10.1. The Morgan fingerprint density at radius 3 is 2.95 bits per heavy atom. The third-order valence-electron chi connectivity index (χ3n) is 2.77. The van der Waals surface area contributed by atoms with Crippen LogP contribution >= 0.6 is 0 Å². The summed E-state index contributed by atoms with van der Waals surface area (Å²) in [5.74, 6) is 0.700. The fraction of sp³-hybridized carbons (Fsp3) is 0.286. The van der Waals surface area contributed by atoms with E-state index in [9.17, 15) is 9.59 Å². The van der Waals surface area contributed by atoms with Crippen molar-refractivity contribution in [3.63, 3.8) is 0 Å². The first-order valence-electron chi connectivity index (χ1n) is 6.43. The van der Waals surface area contributed by atoms with E-state index in [1.165, 1.54) is 19.4 Å². The monoisotopic (exact) mass is 288 g/mol. The van der Waals surface area contributed by atoms with Crippen molar-refractivity contribution >= 4 is 5.91 Å². The Morgan fingerprint density at radius 1 is 1.43 bits per heavy atom. The lowest BCUT2D eigenvalue weighted by molar-refractivity contribution is 0.0953. The van der Waals surface area contributed by atoms with Crippen LogP contribution in [0.5, 0.6) is 5.88 Å². The van der Waals surface area contributed by atoms with Crippen LogP contribution in [0.3, 0.4) is 0 Å². The number of aryl methyl sites for hydroxylation is 1. The van der Waals surface area contributed by atoms with Crippen molar-refractivity contribution in [3.8, 4) is 5.88 Å². The normalized spacial score (nSPS) is 10.2. The second-order valence-electron chi connectivity index (χ2n) is 4.43. The van der Waals surface area contributed by atoms with E-state index >= 15 is 0 Å². The highest BCUT2D eigenvalue weighted by atomic mass is 16.5. The molecule has 0 aliphatic carbocycles. The Labute approximate surface area is 121 Å². The van der Waals surface area contributed by atoms with Crippen LogP contribution in [-0.4, -0.2) is 34.5 Å². The molecule has 7 heteroatoms. The Hall–Kier alpha value is -2.70. The minimum atomic E-state index is -0.231. The van der Waals surface area contributed by atoms with Gasteiger partial charge in [0.05, 0.1) is 7.11 Å². The maximum atomic E-state index is 12.0. The molecule has 2 rings (SSSR count). The Bertz CT molecular complexity index is 697. The molecule has 0 spiro atoms. The minimum absolute atomic E-state index is 0.192. The van der Waals surface area contributed by atoms with Gasteiger partial charge < -0.3 is 15.0 Å². The average molecular weight is 288 g/mol. The number of pyridine rings is 1. The quantitative estimate of drug-likeness (QED) is 0.833. The van der Waals surface area contributed by atoms with Gasteiger partial charge in [0.15, 0.2) is 0 Å². The van der Waals surface area contributed by atoms with Crippen LogP contribution in [0.4, 0.5) is 0 Å². The Kier molecular flexibility index (Phi) is 4.65. The molecule has 0 aromatic carbocycles. The lowest BCUT2D eigenvalue weighted by atomic mass is 10.2. The van der Waals surface area contributed by atoms with Crippen LogP contribution in [0.25, 0.3) is 0 Å². The number of methoxy groups -OCH3 is 1. The van der Waals surface area contributed by atoms with Crippen LogP contribution in [0.15, 0.2) is 29.2 Å². The molecule has 21 heavy (non-hydrogen) atoms. The second kappa shape index (κ2) is 6.65. The average Bonchev–Trinajstić information content (AvgIpc) is 2.46. The van der Waals surface area contributed by atoms with Crippen LogP contribution in [0.1, 0.15) is 21.9 Å². The zero-order chi connectivity index (χ0) is 15.2. The SMILES string of the molecule is COc1cc(C(=O)NCCc2nc(C)cc(=O)[nH]2)ccn1. The molecule has 110 valence electrons. The van der Waals surface area contributed by atoms with Crippen LogP contribution in [-0.2, 0) is 6.42 Å². The topological polar surface area (TPSA) is 97.0 Å². The Balaban J connectivity index is 1.93. The van der Waals surface area contributed by atoms with Gasteiger partial charge in [0.2, 0.25) is 5.88 Å². The summed E-state index contributed by atoms with van der Waals surface area (Å²) in [6.07, 6.45) is 1.96. The van der Waals surface area contributed by atoms with Crippen molar-refractivity contribution in [1.82, 2.24) is 20.3 Å². The molecule has 1 amide bonds. The molecule has 2 N–H and O–H groups in total. The van der Waals surface area contributed by atoms with Crippen molar-refractivity contribution in [2.75, 3.05) is 13.7 Å². The van der Waals surface area contributed by atoms with E-state index in [1.807, 2.05) is 0 Å². The van der Waals surface area contributed by atoms with Crippen LogP contribution < -0.4 is 15.6 Å². The molecule has 0 radical (unpaired) electrons. The molecular weight excluding hydrogens is 272 g/mol. The highest BCUT2D eigenvalue weighted by Crippen LogP contribution is 2.08. The number of carbonyl (C=O) groups is 1. The number of aromatic nitrogens is 3. The van der Waals surface area contributed by atoms with Gasteiger partial charge in [-0.25, -0.2) is 9.97 Å². The molecular formula is C14H16N4O3. The van der Waals surface area contributed by atoms with E-state index in [0.717, 1.165) is 0 Å². The lowest BCUT2D eigenvalue weighted by Crippen LogP contribution is -2.27. The largest absolute Gasteiger partial charge is 0.481 e. The molecule has 0 aliphatic heterocycles. The number of nitrogens with zero attached hydrogens (tertiary/aromatic N) is 2. The van der Waals surface area contributed by atoms with Crippen molar-refractivity contribution in [1.29, 1.82) is 0 Å². The predicted octanol–water partition coefficient (Wildman–Crippen LogP) is 0.454. The third-order valence-corrected chi connectivity index (χ3v) is 2.77. The third kappa shape index (κ3) is 4.13. The van der Waals surface area contributed by atoms with E-state index in [1.54, 1.807) is 19.1 Å². The number of hydrogen-bond acceptors (Lipinski definition) is 5. The fourth-order valence-corrected chi connectivity index (χ4v) is 1.82. The predicted molar refractivity (Wildman–Crippen MR) is 76.4 cm³/mol. The Morgan fingerprint density at radius 2 is 2.24 bits per heavy atom. The molecule has 0 bridgehead atoms. The highest BCUT2D eigenvalue weighted by molar-refractivity contribution is 5.94. The van der Waals surface area contributed by atoms with Crippen molar-refractivity contribution in [2.24, 2.45) is 0 Å². The van der Waals surface area contributed by atoms with Gasteiger partial charge in [-0.3, -0.25) is 9.59 Å². The molecule has 0 aliphatic rings.